The lowest BCUT2D eigenvalue weighted by atomic mass is 10.3. The van der Waals surface area contributed by atoms with Crippen LogP contribution >= 0.6 is 0 Å². The van der Waals surface area contributed by atoms with Crippen LogP contribution in [0.1, 0.15) is 12.8 Å². The van der Waals surface area contributed by atoms with E-state index >= 15 is 0 Å². The highest BCUT2D eigenvalue weighted by Gasteiger charge is 2.07. The van der Waals surface area contributed by atoms with Gasteiger partial charge in [-0.25, -0.2) is 0 Å². The molecular formula is C12H13NO4. The Morgan fingerprint density at radius 3 is 2.53 bits per heavy atom. The highest BCUT2D eigenvalue weighted by Crippen LogP contribution is 2.07. The van der Waals surface area contributed by atoms with Crippen LogP contribution in [0.2, 0.25) is 0 Å². The largest absolute Gasteiger partial charge is 0.484 e. The van der Waals surface area contributed by atoms with Crippen LogP contribution in [0.4, 0.5) is 0 Å². The van der Waals surface area contributed by atoms with Crippen LogP contribution < -0.4 is 10.1 Å². The molecule has 0 aliphatic carbocycles. The van der Waals surface area contributed by atoms with Gasteiger partial charge < -0.3 is 9.53 Å². The van der Waals surface area contributed by atoms with Gasteiger partial charge in [-0.3, -0.25) is 14.9 Å². The molecule has 0 aromatic heterocycles. The molecule has 0 unspecified atom stereocenters. The van der Waals surface area contributed by atoms with E-state index < -0.39 is 11.8 Å². The normalized spacial score (nSPS) is 9.41. The van der Waals surface area contributed by atoms with Gasteiger partial charge in [0.25, 0.3) is 5.91 Å². The van der Waals surface area contributed by atoms with E-state index in [4.69, 9.17) is 4.74 Å². The van der Waals surface area contributed by atoms with Crippen LogP contribution in [0.15, 0.2) is 30.3 Å². The first-order chi connectivity index (χ1) is 8.22. The topological polar surface area (TPSA) is 72.5 Å². The number of amides is 2. The van der Waals surface area contributed by atoms with Gasteiger partial charge in [0.2, 0.25) is 5.91 Å². The Hall–Kier alpha value is -2.17. The maximum Gasteiger partial charge on any atom is 0.264 e. The molecule has 1 aromatic rings. The second-order valence-electron chi connectivity index (χ2n) is 3.28. The summed E-state index contributed by atoms with van der Waals surface area (Å²) in [6.45, 7) is -0.225. The van der Waals surface area contributed by atoms with Gasteiger partial charge in [-0.05, 0) is 12.1 Å². The fraction of sp³-hybridized carbons (Fsp3) is 0.250. The molecule has 5 nitrogen and oxygen atoms in total. The molecule has 1 aromatic carbocycles. The fourth-order valence-corrected chi connectivity index (χ4v) is 1.11. The van der Waals surface area contributed by atoms with Crippen LogP contribution in [-0.2, 0) is 14.4 Å². The van der Waals surface area contributed by atoms with Gasteiger partial charge in [0.05, 0.1) is 0 Å². The summed E-state index contributed by atoms with van der Waals surface area (Å²) in [7, 11) is 0. The van der Waals surface area contributed by atoms with Crippen molar-refractivity contribution in [3.63, 3.8) is 0 Å². The number of ether oxygens (including phenoxy) is 1. The van der Waals surface area contributed by atoms with Crippen molar-refractivity contribution in [1.82, 2.24) is 5.32 Å². The SMILES string of the molecule is O=CCCC(=O)NC(=O)COc1ccccc1. The summed E-state index contributed by atoms with van der Waals surface area (Å²) in [5.41, 5.74) is 0. The molecule has 0 saturated carbocycles. The number of aldehydes is 1. The Balaban J connectivity index is 2.26. The molecule has 0 aliphatic heterocycles. The van der Waals surface area contributed by atoms with E-state index in [9.17, 15) is 14.4 Å². The number of hydrogen-bond donors (Lipinski definition) is 1. The molecule has 1 rings (SSSR count). The summed E-state index contributed by atoms with van der Waals surface area (Å²) in [5, 5.41) is 2.12. The van der Waals surface area contributed by atoms with Gasteiger partial charge >= 0.3 is 0 Å². The first-order valence-corrected chi connectivity index (χ1v) is 5.16. The monoisotopic (exact) mass is 235 g/mol. The minimum absolute atomic E-state index is 0.0145. The number of benzene rings is 1. The zero-order valence-electron chi connectivity index (χ0n) is 9.22. The summed E-state index contributed by atoms with van der Waals surface area (Å²) in [6.07, 6.45) is 0.754. The Morgan fingerprint density at radius 2 is 1.88 bits per heavy atom. The molecule has 0 radical (unpaired) electrons. The van der Waals surface area contributed by atoms with Crippen molar-refractivity contribution in [2.24, 2.45) is 0 Å². The number of carbonyl (C=O) groups is 3. The minimum Gasteiger partial charge on any atom is -0.484 e. The van der Waals surface area contributed by atoms with Crippen molar-refractivity contribution in [3.8, 4) is 5.75 Å². The number of carbonyl (C=O) groups excluding carboxylic acids is 3. The molecule has 0 atom stereocenters. The third-order valence-corrected chi connectivity index (χ3v) is 1.88. The van der Waals surface area contributed by atoms with Gasteiger partial charge in [-0.1, -0.05) is 18.2 Å². The Bertz CT molecular complexity index is 389. The standard InChI is InChI=1S/C12H13NO4/c14-8-4-7-11(15)13-12(16)9-17-10-5-2-1-3-6-10/h1-3,5-6,8H,4,7,9H2,(H,13,15,16). The van der Waals surface area contributed by atoms with Crippen LogP contribution in [0.5, 0.6) is 5.75 Å². The number of para-hydroxylation sites is 1. The first-order valence-electron chi connectivity index (χ1n) is 5.16. The molecule has 17 heavy (non-hydrogen) atoms. The van der Waals surface area contributed by atoms with Crippen LogP contribution in [0.3, 0.4) is 0 Å². The molecule has 0 spiro atoms. The summed E-state index contributed by atoms with van der Waals surface area (Å²) < 4.78 is 5.14. The zero-order chi connectivity index (χ0) is 12.5. The van der Waals surface area contributed by atoms with Crippen molar-refractivity contribution in [1.29, 1.82) is 0 Å². The number of imide groups is 1. The van der Waals surface area contributed by atoms with E-state index in [0.29, 0.717) is 12.0 Å². The summed E-state index contributed by atoms with van der Waals surface area (Å²) >= 11 is 0. The van der Waals surface area contributed by atoms with Gasteiger partial charge in [0.15, 0.2) is 6.61 Å². The van der Waals surface area contributed by atoms with Gasteiger partial charge in [0, 0.05) is 12.8 Å². The fourth-order valence-electron chi connectivity index (χ4n) is 1.11. The molecule has 90 valence electrons. The first kappa shape index (κ1) is 12.9. The van der Waals surface area contributed by atoms with Crippen molar-refractivity contribution >= 4 is 18.1 Å². The lowest BCUT2D eigenvalue weighted by molar-refractivity contribution is -0.132. The van der Waals surface area contributed by atoms with E-state index in [2.05, 4.69) is 5.32 Å². The number of nitrogens with one attached hydrogen (secondary N) is 1. The minimum atomic E-state index is -0.523. The van der Waals surface area contributed by atoms with Gasteiger partial charge in [0.1, 0.15) is 12.0 Å². The van der Waals surface area contributed by atoms with Crippen molar-refractivity contribution in [2.45, 2.75) is 12.8 Å². The molecule has 0 heterocycles. The highest BCUT2D eigenvalue weighted by molar-refractivity contribution is 5.96. The molecule has 0 saturated heterocycles. The van der Waals surface area contributed by atoms with Crippen molar-refractivity contribution in [3.05, 3.63) is 30.3 Å². The van der Waals surface area contributed by atoms with E-state index in [0.717, 1.165) is 0 Å². The second kappa shape index (κ2) is 7.16. The van der Waals surface area contributed by atoms with Crippen molar-refractivity contribution < 1.29 is 19.1 Å². The smallest absolute Gasteiger partial charge is 0.264 e. The predicted molar refractivity (Wildman–Crippen MR) is 60.4 cm³/mol. The van der Waals surface area contributed by atoms with Gasteiger partial charge in [-0.15, -0.1) is 0 Å². The molecule has 0 fully saturated rings. The second-order valence-corrected chi connectivity index (χ2v) is 3.28. The van der Waals surface area contributed by atoms with Gasteiger partial charge in [-0.2, -0.15) is 0 Å². The van der Waals surface area contributed by atoms with Crippen LogP contribution in [-0.4, -0.2) is 24.7 Å². The molecule has 5 heteroatoms. The zero-order valence-corrected chi connectivity index (χ0v) is 9.22. The Kier molecular flexibility index (Phi) is 5.43. The molecular weight excluding hydrogens is 222 g/mol. The summed E-state index contributed by atoms with van der Waals surface area (Å²) in [6, 6.07) is 8.81. The quantitative estimate of drug-likeness (QED) is 0.736. The lowest BCUT2D eigenvalue weighted by Gasteiger charge is -2.05. The third-order valence-electron chi connectivity index (χ3n) is 1.88. The molecule has 0 bridgehead atoms. The Labute approximate surface area is 98.8 Å². The van der Waals surface area contributed by atoms with E-state index in [1.807, 2.05) is 6.07 Å². The lowest BCUT2D eigenvalue weighted by Crippen LogP contribution is -2.34. The molecule has 2 amide bonds. The third kappa shape index (κ3) is 5.46. The summed E-state index contributed by atoms with van der Waals surface area (Å²) in [4.78, 5) is 32.3. The van der Waals surface area contributed by atoms with E-state index in [-0.39, 0.29) is 19.4 Å². The molecule has 0 aliphatic rings. The number of hydrogen-bond acceptors (Lipinski definition) is 4. The average Bonchev–Trinajstić information content (AvgIpc) is 2.35. The molecule has 1 N–H and O–H groups in total. The summed E-state index contributed by atoms with van der Waals surface area (Å²) in [5.74, 6) is -0.438. The predicted octanol–water partition coefficient (Wildman–Crippen LogP) is 0.687. The highest BCUT2D eigenvalue weighted by atomic mass is 16.5. The Morgan fingerprint density at radius 1 is 1.18 bits per heavy atom. The maximum atomic E-state index is 11.2. The van der Waals surface area contributed by atoms with E-state index in [1.54, 1.807) is 24.3 Å². The van der Waals surface area contributed by atoms with Crippen LogP contribution in [0.25, 0.3) is 0 Å². The maximum absolute atomic E-state index is 11.2. The van der Waals surface area contributed by atoms with E-state index in [1.165, 1.54) is 0 Å². The number of rotatable bonds is 6. The van der Waals surface area contributed by atoms with Crippen LogP contribution in [0, 0.1) is 0 Å². The van der Waals surface area contributed by atoms with Crippen molar-refractivity contribution in [2.75, 3.05) is 6.61 Å². The average molecular weight is 235 g/mol.